The van der Waals surface area contributed by atoms with E-state index in [-0.39, 0.29) is 39.6 Å². The Morgan fingerprint density at radius 1 is 1.08 bits per heavy atom. The van der Waals surface area contributed by atoms with Crippen LogP contribution in [0, 0.1) is 15.5 Å². The number of rotatable bonds is 13. The summed E-state index contributed by atoms with van der Waals surface area (Å²) < 4.78 is 82.1. The third-order valence-corrected chi connectivity index (χ3v) is 14.3. The number of allylic oxidation sites excluding steroid dienone is 1. The number of sulfonamides is 1. The van der Waals surface area contributed by atoms with E-state index in [2.05, 4.69) is 43.7 Å². The number of anilines is 2. The Labute approximate surface area is 385 Å². The van der Waals surface area contributed by atoms with Gasteiger partial charge in [0.05, 0.1) is 33.2 Å². The van der Waals surface area contributed by atoms with Gasteiger partial charge in [-0.3, -0.25) is 19.8 Å². The minimum Gasteiger partial charge on any atom is -0.455 e. The number of nitrogens with zero attached hydrogens (tertiary/aromatic N) is 4. The van der Waals surface area contributed by atoms with Gasteiger partial charge in [0.25, 0.3) is 21.6 Å². The van der Waals surface area contributed by atoms with Gasteiger partial charge in [0.15, 0.2) is 0 Å². The fourth-order valence-electron chi connectivity index (χ4n) is 8.93. The van der Waals surface area contributed by atoms with Crippen molar-refractivity contribution in [2.45, 2.75) is 82.5 Å². The summed E-state index contributed by atoms with van der Waals surface area (Å²) in [5, 5.41) is 16.1. The molecule has 2 aromatic heterocycles. The number of carbonyl (C=O) groups is 1. The second-order valence-electron chi connectivity index (χ2n) is 18.0. The average molecular weight is 950 g/mol. The zero-order valence-corrected chi connectivity index (χ0v) is 38.3. The summed E-state index contributed by atoms with van der Waals surface area (Å²) in [5.74, 6) is -0.671. The van der Waals surface area contributed by atoms with Crippen LogP contribution in [0.25, 0.3) is 16.6 Å². The number of H-pyrrole nitrogens is 1. The number of alkyl halides is 3. The highest BCUT2D eigenvalue weighted by atomic mass is 35.5. The van der Waals surface area contributed by atoms with Crippen molar-refractivity contribution in [3.63, 3.8) is 0 Å². The van der Waals surface area contributed by atoms with Gasteiger partial charge >= 0.3 is 6.18 Å². The number of nitro benzene ring substituents is 1. The van der Waals surface area contributed by atoms with Gasteiger partial charge in [0, 0.05) is 79.8 Å². The average Bonchev–Trinajstić information content (AvgIpc) is 3.75. The first-order valence-corrected chi connectivity index (χ1v) is 23.7. The molecule has 1 aliphatic carbocycles. The number of aromatic amines is 1. The predicted molar refractivity (Wildman–Crippen MR) is 247 cm³/mol. The lowest BCUT2D eigenvalue weighted by Gasteiger charge is -2.39. The highest BCUT2D eigenvalue weighted by Gasteiger charge is 2.34. The van der Waals surface area contributed by atoms with Crippen molar-refractivity contribution in [1.82, 2.24) is 19.6 Å². The predicted octanol–water partition coefficient (Wildman–Crippen LogP) is 10.2. The minimum absolute atomic E-state index is 0.0486. The van der Waals surface area contributed by atoms with Gasteiger partial charge in [-0.2, -0.15) is 13.2 Å². The third-order valence-electron chi connectivity index (χ3n) is 12.6. The molecule has 0 spiro atoms. The second kappa shape index (κ2) is 18.9. The Hall–Kier alpha value is -5.69. The Morgan fingerprint density at radius 2 is 1.86 bits per heavy atom. The van der Waals surface area contributed by atoms with Gasteiger partial charge in [-0.25, -0.2) is 18.1 Å². The number of aromatic nitrogens is 2. The Bertz CT molecular complexity index is 2790. The standard InChI is InChI=1S/C47H51ClF3N7O7S/c1-29(42-6-4-5-21-64-42)54-40-12-9-35(25-41(40)58(60)61)66(62,63)55-45(59)37-11-8-33(24-43(37)65-34-22-30-14-16-52-44(30)53-27-34)57-19-17-56(18-20-57)28-31-13-15-46(2,3)26-38(31)36-10-7-32(23-39(36)48)47(49,50)51/h7-12,14,16,22-25,27,29,42,54H,4-6,13,15,17-21,26,28H2,1-3H3,(H,52,53)(H,55,59). The molecular weight excluding hydrogens is 899 g/mol. The lowest BCUT2D eigenvalue weighted by Crippen LogP contribution is -2.47. The molecule has 0 bridgehead atoms. The summed E-state index contributed by atoms with van der Waals surface area (Å²) >= 11 is 6.53. The topological polar surface area (TPSA) is 172 Å². The molecule has 0 saturated carbocycles. The van der Waals surface area contributed by atoms with E-state index in [9.17, 15) is 36.5 Å². The van der Waals surface area contributed by atoms with Crippen LogP contribution < -0.4 is 19.7 Å². The van der Waals surface area contributed by atoms with E-state index in [0.717, 1.165) is 66.8 Å². The summed E-state index contributed by atoms with van der Waals surface area (Å²) in [6, 6.07) is 15.1. The van der Waals surface area contributed by atoms with Crippen molar-refractivity contribution in [3.8, 4) is 11.5 Å². The molecule has 5 aromatic rings. The van der Waals surface area contributed by atoms with Crippen LogP contribution >= 0.6 is 11.6 Å². The van der Waals surface area contributed by atoms with Gasteiger partial charge in [0.1, 0.15) is 22.8 Å². The van der Waals surface area contributed by atoms with E-state index >= 15 is 0 Å². The van der Waals surface area contributed by atoms with Gasteiger partial charge in [-0.05, 0) is 111 Å². The summed E-state index contributed by atoms with van der Waals surface area (Å²) in [5.41, 5.74) is 2.80. The quantitative estimate of drug-likeness (QED) is 0.0758. The maximum atomic E-state index is 14.0. The Kier molecular flexibility index (Phi) is 13.4. The zero-order valence-electron chi connectivity index (χ0n) is 36.7. The zero-order chi connectivity index (χ0) is 47.0. The summed E-state index contributed by atoms with van der Waals surface area (Å²) in [6.45, 7) is 9.86. The van der Waals surface area contributed by atoms with Crippen molar-refractivity contribution >= 4 is 61.2 Å². The van der Waals surface area contributed by atoms with Crippen LogP contribution in [0.15, 0.2) is 89.6 Å². The molecule has 3 aromatic carbocycles. The number of pyridine rings is 1. The molecule has 2 atom stereocenters. The number of ether oxygens (including phenoxy) is 2. The molecule has 2 fully saturated rings. The Morgan fingerprint density at radius 3 is 2.58 bits per heavy atom. The smallest absolute Gasteiger partial charge is 0.416 e. The maximum absolute atomic E-state index is 14.0. The molecule has 2 aliphatic heterocycles. The van der Waals surface area contributed by atoms with Gasteiger partial charge in [-0.15, -0.1) is 0 Å². The van der Waals surface area contributed by atoms with E-state index in [1.165, 1.54) is 30.5 Å². The monoisotopic (exact) mass is 949 g/mol. The molecule has 1 amide bonds. The summed E-state index contributed by atoms with van der Waals surface area (Å²) in [6.07, 6.45) is 3.64. The first-order valence-electron chi connectivity index (χ1n) is 21.9. The second-order valence-corrected chi connectivity index (χ2v) is 20.0. The molecule has 4 heterocycles. The van der Waals surface area contributed by atoms with Crippen molar-refractivity contribution in [3.05, 3.63) is 117 Å². The van der Waals surface area contributed by atoms with Crippen LogP contribution in [0.5, 0.6) is 11.5 Å². The van der Waals surface area contributed by atoms with Crippen LogP contribution in [0.4, 0.5) is 30.2 Å². The van der Waals surface area contributed by atoms with E-state index < -0.39 is 43.2 Å². The third kappa shape index (κ3) is 10.6. The van der Waals surface area contributed by atoms with E-state index in [1.807, 2.05) is 6.92 Å². The van der Waals surface area contributed by atoms with Crippen LogP contribution in [0.2, 0.25) is 5.02 Å². The number of carbonyl (C=O) groups excluding carboxylic acids is 1. The largest absolute Gasteiger partial charge is 0.455 e. The van der Waals surface area contributed by atoms with E-state index in [0.29, 0.717) is 68.4 Å². The van der Waals surface area contributed by atoms with Crippen molar-refractivity contribution < 1.29 is 40.8 Å². The first-order chi connectivity index (χ1) is 31.3. The highest BCUT2D eigenvalue weighted by Crippen LogP contribution is 2.46. The van der Waals surface area contributed by atoms with Gasteiger partial charge in [-0.1, -0.05) is 37.1 Å². The molecule has 8 rings (SSSR count). The molecule has 66 heavy (non-hydrogen) atoms. The molecular formula is C47H51ClF3N7O7S. The lowest BCUT2D eigenvalue weighted by molar-refractivity contribution is -0.384. The number of nitro groups is 1. The minimum atomic E-state index is -4.63. The number of fused-ring (bicyclic) bond motifs is 1. The first kappa shape index (κ1) is 46.8. The molecule has 2 unspecified atom stereocenters. The van der Waals surface area contributed by atoms with Crippen LogP contribution in [0.3, 0.4) is 0 Å². The lowest BCUT2D eigenvalue weighted by atomic mass is 9.72. The van der Waals surface area contributed by atoms with Crippen LogP contribution in [0.1, 0.15) is 80.8 Å². The molecule has 350 valence electrons. The highest BCUT2D eigenvalue weighted by molar-refractivity contribution is 7.90. The number of nitrogens with one attached hydrogen (secondary N) is 3. The molecule has 0 radical (unpaired) electrons. The molecule has 3 N–H and O–H groups in total. The van der Waals surface area contributed by atoms with Gasteiger partial charge < -0.3 is 24.7 Å². The molecule has 2 saturated heterocycles. The fraction of sp³-hybridized carbons (Fsp3) is 0.404. The molecule has 3 aliphatic rings. The van der Waals surface area contributed by atoms with Crippen LogP contribution in [-0.2, 0) is 20.9 Å². The van der Waals surface area contributed by atoms with Gasteiger partial charge in [0.2, 0.25) is 0 Å². The fourth-order valence-corrected chi connectivity index (χ4v) is 10.2. The number of hydrogen-bond donors (Lipinski definition) is 3. The summed E-state index contributed by atoms with van der Waals surface area (Å²) in [4.78, 5) is 36.8. The molecule has 14 nitrogen and oxygen atoms in total. The van der Waals surface area contributed by atoms with Crippen molar-refractivity contribution in [2.24, 2.45) is 5.41 Å². The van der Waals surface area contributed by atoms with E-state index in [4.69, 9.17) is 21.1 Å². The number of hydrogen-bond acceptors (Lipinski definition) is 11. The Balaban J connectivity index is 1.01. The number of piperazine rings is 1. The van der Waals surface area contributed by atoms with E-state index in [1.54, 1.807) is 30.5 Å². The number of benzene rings is 3. The van der Waals surface area contributed by atoms with Crippen LogP contribution in [-0.4, -0.2) is 85.6 Å². The normalized spacial score (nSPS) is 18.8. The SMILES string of the molecule is CC(Nc1ccc(S(=O)(=O)NC(=O)c2ccc(N3CCN(CC4=C(c5ccc(C(F)(F)F)cc5Cl)CC(C)(C)CC4)CC3)cc2Oc2cnc3[nH]ccc3c2)cc1[N+](=O)[O-])C1CCCCO1. The molecule has 19 heteroatoms. The maximum Gasteiger partial charge on any atom is 0.416 e. The number of amides is 1. The number of halogens is 4. The van der Waals surface area contributed by atoms with Crippen molar-refractivity contribution in [2.75, 3.05) is 49.5 Å². The summed E-state index contributed by atoms with van der Waals surface area (Å²) in [7, 11) is -4.63. The van der Waals surface area contributed by atoms with Crippen molar-refractivity contribution in [1.29, 1.82) is 0 Å².